The third-order valence-corrected chi connectivity index (χ3v) is 10.1. The summed E-state index contributed by atoms with van der Waals surface area (Å²) in [6.07, 6.45) is 4.23. The summed E-state index contributed by atoms with van der Waals surface area (Å²) in [5, 5.41) is 1.09. The third kappa shape index (κ3) is 5.19. The van der Waals surface area contributed by atoms with Crippen LogP contribution in [0, 0.1) is 5.41 Å². The van der Waals surface area contributed by atoms with Crippen molar-refractivity contribution in [2.24, 2.45) is 11.1 Å². The Morgan fingerprint density at radius 3 is 2.53 bits per heavy atom. The van der Waals surface area contributed by atoms with Gasteiger partial charge in [-0.1, -0.05) is 38.1 Å². The summed E-state index contributed by atoms with van der Waals surface area (Å²) in [7, 11) is 1.71. The SMILES string of the molecule is COc1cc(CN2CCN(C3CC4(C3)CN(c3ccc(C(N)=O)cc3)C4)[C@H](c3ccccc3C(C)C)C2)cc2ccoc12. The van der Waals surface area contributed by atoms with E-state index in [0.29, 0.717) is 29.0 Å². The zero-order chi connectivity index (χ0) is 29.7. The van der Waals surface area contributed by atoms with Crippen molar-refractivity contribution in [1.29, 1.82) is 0 Å². The van der Waals surface area contributed by atoms with Crippen LogP contribution in [-0.2, 0) is 6.54 Å². The average molecular weight is 579 g/mol. The number of hydrogen-bond donors (Lipinski definition) is 1. The van der Waals surface area contributed by atoms with Gasteiger partial charge in [-0.05, 0) is 77.9 Å². The van der Waals surface area contributed by atoms with Gasteiger partial charge in [0, 0.05) is 73.4 Å². The number of furan rings is 1. The highest BCUT2D eigenvalue weighted by Gasteiger charge is 2.55. The number of anilines is 1. The molecular weight excluding hydrogens is 536 g/mol. The van der Waals surface area contributed by atoms with Crippen LogP contribution < -0.4 is 15.4 Å². The lowest BCUT2D eigenvalue weighted by Gasteiger charge is -2.63. The molecule has 1 spiro atoms. The first kappa shape index (κ1) is 28.0. The van der Waals surface area contributed by atoms with Crippen molar-refractivity contribution < 1.29 is 13.9 Å². The van der Waals surface area contributed by atoms with Gasteiger partial charge in [0.15, 0.2) is 11.3 Å². The van der Waals surface area contributed by atoms with E-state index in [2.05, 4.69) is 64.9 Å². The summed E-state index contributed by atoms with van der Waals surface area (Å²) in [5.74, 6) is 0.909. The average Bonchev–Trinajstić information content (AvgIpc) is 3.45. The minimum atomic E-state index is -0.374. The largest absolute Gasteiger partial charge is 0.493 e. The standard InChI is InChI=1S/C36H42N4O3/c1-24(2)30-6-4-5-7-31(30)32-21-38(20-25-16-27-12-15-43-34(27)33(17-25)42-3)13-14-40(32)29-18-36(19-29)22-39(23-36)28-10-8-26(9-11-28)35(37)41/h4-12,15-17,24,29,32H,13-14,18-23H2,1-3H3,(H2,37,41)/t32-/m0/s1. The maximum absolute atomic E-state index is 11.5. The molecular formula is C36H42N4O3. The van der Waals surface area contributed by atoms with Crippen LogP contribution in [0.5, 0.6) is 5.75 Å². The van der Waals surface area contributed by atoms with Crippen LogP contribution in [0.2, 0.25) is 0 Å². The van der Waals surface area contributed by atoms with Gasteiger partial charge in [0.2, 0.25) is 5.91 Å². The Balaban J connectivity index is 1.07. The zero-order valence-corrected chi connectivity index (χ0v) is 25.5. The van der Waals surface area contributed by atoms with Crippen LogP contribution >= 0.6 is 0 Å². The van der Waals surface area contributed by atoms with Gasteiger partial charge in [-0.3, -0.25) is 14.6 Å². The number of ether oxygens (including phenoxy) is 1. The molecule has 0 unspecified atom stereocenters. The van der Waals surface area contributed by atoms with Crippen molar-refractivity contribution in [3.63, 3.8) is 0 Å². The molecule has 7 nitrogen and oxygen atoms in total. The zero-order valence-electron chi connectivity index (χ0n) is 25.5. The molecule has 3 aromatic carbocycles. The molecule has 2 saturated heterocycles. The number of piperazine rings is 1. The molecule has 3 fully saturated rings. The minimum absolute atomic E-state index is 0.367. The molecule has 43 heavy (non-hydrogen) atoms. The number of hydrogen-bond acceptors (Lipinski definition) is 6. The van der Waals surface area contributed by atoms with Crippen molar-refractivity contribution in [2.45, 2.75) is 51.2 Å². The van der Waals surface area contributed by atoms with E-state index in [1.54, 1.807) is 13.4 Å². The lowest BCUT2D eigenvalue weighted by Crippen LogP contribution is -2.68. The van der Waals surface area contributed by atoms with Crippen LogP contribution in [0.25, 0.3) is 11.0 Å². The van der Waals surface area contributed by atoms with E-state index >= 15 is 0 Å². The highest BCUT2D eigenvalue weighted by atomic mass is 16.5. The summed E-state index contributed by atoms with van der Waals surface area (Å²) >= 11 is 0. The van der Waals surface area contributed by atoms with Crippen molar-refractivity contribution in [3.05, 3.63) is 95.2 Å². The number of nitrogens with two attached hydrogens (primary N) is 1. The maximum Gasteiger partial charge on any atom is 0.248 e. The molecule has 2 aliphatic heterocycles. The number of methoxy groups -OCH3 is 1. The summed E-state index contributed by atoms with van der Waals surface area (Å²) in [6, 6.07) is 24.2. The van der Waals surface area contributed by atoms with E-state index in [1.807, 2.05) is 30.3 Å². The summed E-state index contributed by atoms with van der Waals surface area (Å²) < 4.78 is 11.3. The highest BCUT2D eigenvalue weighted by molar-refractivity contribution is 5.93. The first-order valence-electron chi connectivity index (χ1n) is 15.6. The molecule has 7 rings (SSSR count). The van der Waals surface area contributed by atoms with Gasteiger partial charge in [0.1, 0.15) is 0 Å². The molecule has 1 aromatic heterocycles. The number of benzene rings is 3. The predicted octanol–water partition coefficient (Wildman–Crippen LogP) is 6.19. The van der Waals surface area contributed by atoms with Crippen LogP contribution in [0.4, 0.5) is 5.69 Å². The Morgan fingerprint density at radius 2 is 1.81 bits per heavy atom. The van der Waals surface area contributed by atoms with E-state index < -0.39 is 0 Å². The van der Waals surface area contributed by atoms with E-state index in [9.17, 15) is 4.79 Å². The number of carbonyl (C=O) groups is 1. The van der Waals surface area contributed by atoms with Gasteiger partial charge < -0.3 is 19.8 Å². The van der Waals surface area contributed by atoms with Gasteiger partial charge in [-0.25, -0.2) is 0 Å². The topological polar surface area (TPSA) is 75.2 Å². The van der Waals surface area contributed by atoms with E-state index in [-0.39, 0.29) is 5.91 Å². The van der Waals surface area contributed by atoms with Gasteiger partial charge in [-0.15, -0.1) is 0 Å². The van der Waals surface area contributed by atoms with Gasteiger partial charge in [0.05, 0.1) is 13.4 Å². The fourth-order valence-corrected chi connectivity index (χ4v) is 7.88. The Hall–Kier alpha value is -3.81. The molecule has 1 saturated carbocycles. The minimum Gasteiger partial charge on any atom is -0.493 e. The quantitative estimate of drug-likeness (QED) is 0.269. The third-order valence-electron chi connectivity index (χ3n) is 10.1. The molecule has 4 aromatic rings. The van der Waals surface area contributed by atoms with Crippen LogP contribution in [0.15, 0.2) is 77.4 Å². The van der Waals surface area contributed by atoms with E-state index in [1.165, 1.54) is 35.2 Å². The number of rotatable bonds is 8. The molecule has 3 heterocycles. The molecule has 7 heteroatoms. The van der Waals surface area contributed by atoms with Crippen LogP contribution in [0.3, 0.4) is 0 Å². The molecule has 224 valence electrons. The van der Waals surface area contributed by atoms with Gasteiger partial charge >= 0.3 is 0 Å². The molecule has 1 atom stereocenters. The van der Waals surface area contributed by atoms with E-state index in [0.717, 1.165) is 56.0 Å². The second-order valence-electron chi connectivity index (χ2n) is 13.2. The molecule has 1 amide bonds. The smallest absolute Gasteiger partial charge is 0.248 e. The van der Waals surface area contributed by atoms with Gasteiger partial charge in [0.25, 0.3) is 0 Å². The highest BCUT2D eigenvalue weighted by Crippen LogP contribution is 2.53. The number of nitrogens with zero attached hydrogens (tertiary/aromatic N) is 3. The van der Waals surface area contributed by atoms with Crippen LogP contribution in [-0.4, -0.2) is 61.6 Å². The molecule has 0 bridgehead atoms. The van der Waals surface area contributed by atoms with Gasteiger partial charge in [-0.2, -0.15) is 0 Å². The van der Waals surface area contributed by atoms with Crippen molar-refractivity contribution in [2.75, 3.05) is 44.7 Å². The fourth-order valence-electron chi connectivity index (χ4n) is 7.88. The molecule has 3 aliphatic rings. The second-order valence-corrected chi connectivity index (χ2v) is 13.2. The Labute approximate surface area is 254 Å². The normalized spacial score (nSPS) is 20.8. The number of primary amides is 1. The predicted molar refractivity (Wildman–Crippen MR) is 171 cm³/mol. The fraction of sp³-hybridized carbons (Fsp3) is 0.417. The summed E-state index contributed by atoms with van der Waals surface area (Å²) in [4.78, 5) is 19.4. The Morgan fingerprint density at radius 1 is 1.05 bits per heavy atom. The molecule has 1 aliphatic carbocycles. The Bertz CT molecular complexity index is 1610. The van der Waals surface area contributed by atoms with Crippen molar-refractivity contribution in [1.82, 2.24) is 9.80 Å². The Kier molecular flexibility index (Phi) is 7.18. The summed E-state index contributed by atoms with van der Waals surface area (Å²) in [5.41, 5.74) is 12.6. The number of carbonyl (C=O) groups excluding carboxylic acids is 1. The number of fused-ring (bicyclic) bond motifs is 1. The molecule has 2 N–H and O–H groups in total. The first-order valence-corrected chi connectivity index (χ1v) is 15.6. The maximum atomic E-state index is 11.5. The van der Waals surface area contributed by atoms with Crippen LogP contribution in [0.1, 0.15) is 65.7 Å². The van der Waals surface area contributed by atoms with E-state index in [4.69, 9.17) is 14.9 Å². The van der Waals surface area contributed by atoms with Crippen molar-refractivity contribution in [3.8, 4) is 5.75 Å². The van der Waals surface area contributed by atoms with Crippen molar-refractivity contribution >= 4 is 22.6 Å². The summed E-state index contributed by atoms with van der Waals surface area (Å²) in [6.45, 7) is 10.8. The number of amides is 1. The lowest BCUT2D eigenvalue weighted by atomic mass is 9.59. The first-order chi connectivity index (χ1) is 20.8. The monoisotopic (exact) mass is 578 g/mol. The second kappa shape index (κ2) is 11.0. The lowest BCUT2D eigenvalue weighted by molar-refractivity contribution is -0.0647. The molecule has 0 radical (unpaired) electrons.